The molecule has 0 bridgehead atoms. The fourth-order valence-corrected chi connectivity index (χ4v) is 1.88. The van der Waals surface area contributed by atoms with E-state index in [-0.39, 0.29) is 5.54 Å². The Kier molecular flexibility index (Phi) is 8.60. The molecule has 0 saturated heterocycles. The van der Waals surface area contributed by atoms with Gasteiger partial charge in [0.15, 0.2) is 5.96 Å². The van der Waals surface area contributed by atoms with Gasteiger partial charge in [0.2, 0.25) is 0 Å². The second-order valence-electron chi connectivity index (χ2n) is 6.21. The van der Waals surface area contributed by atoms with Gasteiger partial charge < -0.3 is 20.7 Å². The molecule has 0 spiro atoms. The van der Waals surface area contributed by atoms with Crippen molar-refractivity contribution >= 4 is 12.1 Å². The van der Waals surface area contributed by atoms with E-state index in [0.717, 1.165) is 12.8 Å². The highest BCUT2D eigenvalue weighted by atomic mass is 16.6. The van der Waals surface area contributed by atoms with Crippen molar-refractivity contribution in [3.8, 4) is 0 Å². The maximum Gasteiger partial charge on any atom is 0.408 e. The van der Waals surface area contributed by atoms with Gasteiger partial charge in [0, 0.05) is 20.1 Å². The van der Waals surface area contributed by atoms with Gasteiger partial charge in [-0.1, -0.05) is 19.9 Å². The van der Waals surface area contributed by atoms with Crippen molar-refractivity contribution in [3.05, 3.63) is 12.7 Å². The summed E-state index contributed by atoms with van der Waals surface area (Å²) >= 11 is 0. The first-order chi connectivity index (χ1) is 10.2. The Bertz CT molecular complexity index is 382. The Hall–Kier alpha value is -1.72. The zero-order valence-electron chi connectivity index (χ0n) is 14.9. The van der Waals surface area contributed by atoms with Gasteiger partial charge in [-0.3, -0.25) is 4.99 Å². The number of alkyl carbamates (subject to hydrolysis) is 1. The molecule has 0 unspecified atom stereocenters. The highest BCUT2D eigenvalue weighted by molar-refractivity contribution is 5.80. The number of carbonyl (C=O) groups excluding carboxylic acids is 1. The summed E-state index contributed by atoms with van der Waals surface area (Å²) in [6, 6.07) is 0. The van der Waals surface area contributed by atoms with E-state index in [9.17, 15) is 4.79 Å². The molecule has 6 heteroatoms. The molecule has 0 aromatic rings. The van der Waals surface area contributed by atoms with Crippen LogP contribution in [0.1, 0.15) is 47.5 Å². The third-order valence-corrected chi connectivity index (χ3v) is 3.35. The van der Waals surface area contributed by atoms with Gasteiger partial charge >= 0.3 is 6.09 Å². The van der Waals surface area contributed by atoms with Crippen LogP contribution in [0.3, 0.4) is 0 Å². The summed E-state index contributed by atoms with van der Waals surface area (Å²) in [7, 11) is 1.71. The predicted octanol–water partition coefficient (Wildman–Crippen LogP) is 2.42. The lowest BCUT2D eigenvalue weighted by molar-refractivity contribution is 0.0448. The Morgan fingerprint density at radius 2 is 1.82 bits per heavy atom. The van der Waals surface area contributed by atoms with Gasteiger partial charge in [0.25, 0.3) is 0 Å². The van der Waals surface area contributed by atoms with Crippen molar-refractivity contribution in [3.63, 3.8) is 0 Å². The first kappa shape index (κ1) is 20.3. The molecule has 0 rings (SSSR count). The minimum absolute atomic E-state index is 0.381. The van der Waals surface area contributed by atoms with Crippen molar-refractivity contribution in [2.45, 2.75) is 58.6 Å². The third kappa shape index (κ3) is 7.90. The van der Waals surface area contributed by atoms with E-state index >= 15 is 0 Å². The average molecular weight is 312 g/mol. The number of hydrogen-bond acceptors (Lipinski definition) is 3. The summed E-state index contributed by atoms with van der Waals surface area (Å²) in [5.41, 5.74) is -0.888. The first-order valence-electron chi connectivity index (χ1n) is 7.78. The fourth-order valence-electron chi connectivity index (χ4n) is 1.88. The molecular formula is C16H32N4O2. The van der Waals surface area contributed by atoms with Gasteiger partial charge in [0.05, 0.1) is 5.54 Å². The van der Waals surface area contributed by atoms with Gasteiger partial charge in [-0.05, 0) is 33.6 Å². The third-order valence-electron chi connectivity index (χ3n) is 3.35. The minimum Gasteiger partial charge on any atom is -0.444 e. The van der Waals surface area contributed by atoms with Crippen LogP contribution < -0.4 is 16.0 Å². The monoisotopic (exact) mass is 312 g/mol. The first-order valence-corrected chi connectivity index (χ1v) is 7.78. The molecule has 22 heavy (non-hydrogen) atoms. The van der Waals surface area contributed by atoms with Crippen LogP contribution in [0.2, 0.25) is 0 Å². The van der Waals surface area contributed by atoms with E-state index < -0.39 is 11.7 Å². The van der Waals surface area contributed by atoms with Crippen LogP contribution in [0, 0.1) is 0 Å². The molecule has 0 saturated carbocycles. The lowest BCUT2D eigenvalue weighted by Crippen LogP contribution is -2.57. The van der Waals surface area contributed by atoms with Crippen molar-refractivity contribution in [1.82, 2.24) is 16.0 Å². The van der Waals surface area contributed by atoms with Gasteiger partial charge in [0.1, 0.15) is 5.60 Å². The molecule has 0 radical (unpaired) electrons. The maximum atomic E-state index is 12.1. The maximum absolute atomic E-state index is 12.1. The van der Waals surface area contributed by atoms with E-state index in [1.54, 1.807) is 13.1 Å². The number of aliphatic imine (C=N–C) groups is 1. The SMILES string of the molecule is C=CCNC(=NC)NCC(CC)(CC)NC(=O)OC(C)(C)C. The second-order valence-corrected chi connectivity index (χ2v) is 6.21. The summed E-state index contributed by atoms with van der Waals surface area (Å²) in [5.74, 6) is 0.678. The quantitative estimate of drug-likeness (QED) is 0.383. The van der Waals surface area contributed by atoms with Crippen LogP contribution in [0.25, 0.3) is 0 Å². The van der Waals surface area contributed by atoms with Gasteiger partial charge in [-0.15, -0.1) is 6.58 Å². The summed E-state index contributed by atoms with van der Waals surface area (Å²) in [5, 5.41) is 9.34. The number of rotatable bonds is 7. The van der Waals surface area contributed by atoms with E-state index in [0.29, 0.717) is 19.0 Å². The lowest BCUT2D eigenvalue weighted by Gasteiger charge is -2.34. The normalized spacial score (nSPS) is 12.5. The molecule has 0 aliphatic heterocycles. The van der Waals surface area contributed by atoms with E-state index in [1.165, 1.54) is 0 Å². The zero-order chi connectivity index (χ0) is 17.2. The molecule has 0 atom stereocenters. The zero-order valence-corrected chi connectivity index (χ0v) is 14.9. The summed E-state index contributed by atoms with van der Waals surface area (Å²) < 4.78 is 5.36. The summed E-state index contributed by atoms with van der Waals surface area (Å²) in [4.78, 5) is 16.2. The topological polar surface area (TPSA) is 74.8 Å². The van der Waals surface area contributed by atoms with E-state index in [1.807, 2.05) is 34.6 Å². The van der Waals surface area contributed by atoms with Crippen molar-refractivity contribution in [2.75, 3.05) is 20.1 Å². The van der Waals surface area contributed by atoms with Crippen LogP contribution in [0.15, 0.2) is 17.6 Å². The number of nitrogens with one attached hydrogen (secondary N) is 3. The van der Waals surface area contributed by atoms with Crippen LogP contribution >= 0.6 is 0 Å². The minimum atomic E-state index is -0.508. The summed E-state index contributed by atoms with van der Waals surface area (Å²) in [6.45, 7) is 14.5. The second kappa shape index (κ2) is 9.33. The predicted molar refractivity (Wildman–Crippen MR) is 92.2 cm³/mol. The molecule has 3 N–H and O–H groups in total. The molecule has 0 heterocycles. The lowest BCUT2D eigenvalue weighted by atomic mass is 9.93. The molecule has 1 amide bonds. The molecule has 0 aromatic heterocycles. The number of guanidine groups is 1. The number of carbonyl (C=O) groups is 1. The van der Waals surface area contributed by atoms with Crippen LogP contribution in [0.5, 0.6) is 0 Å². The Labute approximate surface area is 134 Å². The van der Waals surface area contributed by atoms with Crippen LogP contribution in [0.4, 0.5) is 4.79 Å². The number of nitrogens with zero attached hydrogens (tertiary/aromatic N) is 1. The fraction of sp³-hybridized carbons (Fsp3) is 0.750. The molecule has 128 valence electrons. The number of hydrogen-bond donors (Lipinski definition) is 3. The molecule has 0 aliphatic rings. The number of amides is 1. The Morgan fingerprint density at radius 3 is 2.23 bits per heavy atom. The summed E-state index contributed by atoms with van der Waals surface area (Å²) in [6.07, 6.45) is 2.94. The van der Waals surface area contributed by atoms with Crippen molar-refractivity contribution in [1.29, 1.82) is 0 Å². The standard InChI is InChI=1S/C16H32N4O2/c1-8-11-18-13(17-7)19-12-16(9-2,10-3)20-14(21)22-15(4,5)6/h8H,1,9-12H2,2-7H3,(H,20,21)(H2,17,18,19). The van der Waals surface area contributed by atoms with Gasteiger partial charge in [-0.25, -0.2) is 4.79 Å². The average Bonchev–Trinajstić information content (AvgIpc) is 2.44. The van der Waals surface area contributed by atoms with Crippen LogP contribution in [-0.4, -0.2) is 43.3 Å². The highest BCUT2D eigenvalue weighted by Crippen LogP contribution is 2.16. The highest BCUT2D eigenvalue weighted by Gasteiger charge is 2.30. The molecule has 0 aliphatic carbocycles. The van der Waals surface area contributed by atoms with Crippen LogP contribution in [-0.2, 0) is 4.74 Å². The largest absolute Gasteiger partial charge is 0.444 e. The van der Waals surface area contributed by atoms with Crippen molar-refractivity contribution < 1.29 is 9.53 Å². The van der Waals surface area contributed by atoms with E-state index in [4.69, 9.17) is 4.74 Å². The molecule has 0 fully saturated rings. The molecule has 6 nitrogen and oxygen atoms in total. The van der Waals surface area contributed by atoms with Gasteiger partial charge in [-0.2, -0.15) is 0 Å². The van der Waals surface area contributed by atoms with E-state index in [2.05, 4.69) is 27.5 Å². The smallest absolute Gasteiger partial charge is 0.408 e. The van der Waals surface area contributed by atoms with Crippen molar-refractivity contribution in [2.24, 2.45) is 4.99 Å². The molecular weight excluding hydrogens is 280 g/mol. The Balaban J connectivity index is 4.74. The Morgan fingerprint density at radius 1 is 1.23 bits per heavy atom. The molecule has 0 aromatic carbocycles. The number of ether oxygens (including phenoxy) is 1.